The summed E-state index contributed by atoms with van der Waals surface area (Å²) >= 11 is 1.58. The molecule has 1 aliphatic heterocycles. The standard InChI is InChI=1S/C15H21N5OS/c1-10-9-17-15(22-10)19-14-8-12(7-13(16)18-14)21-11-3-5-20(2)6-4-11/h7-9,11H,3-6H2,1-2H3,(H3,16,17,18,19). The molecule has 2 aromatic rings. The van der Waals surface area contributed by atoms with Gasteiger partial charge in [0.25, 0.3) is 0 Å². The zero-order chi connectivity index (χ0) is 15.5. The van der Waals surface area contributed by atoms with Gasteiger partial charge in [-0.3, -0.25) is 0 Å². The van der Waals surface area contributed by atoms with Gasteiger partial charge in [0.2, 0.25) is 0 Å². The van der Waals surface area contributed by atoms with Crippen LogP contribution in [0.15, 0.2) is 18.3 Å². The number of ether oxygens (including phenoxy) is 1. The zero-order valence-electron chi connectivity index (χ0n) is 12.9. The number of thiazole rings is 1. The van der Waals surface area contributed by atoms with Gasteiger partial charge in [-0.2, -0.15) is 0 Å². The predicted molar refractivity (Wildman–Crippen MR) is 89.9 cm³/mol. The number of aromatic nitrogens is 2. The van der Waals surface area contributed by atoms with Gasteiger partial charge in [0, 0.05) is 36.3 Å². The van der Waals surface area contributed by atoms with Crippen LogP contribution in [0.25, 0.3) is 0 Å². The van der Waals surface area contributed by atoms with Gasteiger partial charge in [-0.15, -0.1) is 11.3 Å². The molecular formula is C15H21N5OS. The van der Waals surface area contributed by atoms with Gasteiger partial charge >= 0.3 is 0 Å². The Morgan fingerprint density at radius 3 is 2.82 bits per heavy atom. The molecule has 1 saturated heterocycles. The number of aryl methyl sites for hydroxylation is 1. The molecule has 1 aliphatic rings. The maximum Gasteiger partial charge on any atom is 0.188 e. The Balaban J connectivity index is 1.69. The molecule has 3 rings (SSSR count). The van der Waals surface area contributed by atoms with Crippen molar-refractivity contribution in [2.24, 2.45) is 0 Å². The Morgan fingerprint density at radius 2 is 2.14 bits per heavy atom. The molecule has 0 radical (unpaired) electrons. The van der Waals surface area contributed by atoms with Gasteiger partial charge in [0.05, 0.1) is 0 Å². The van der Waals surface area contributed by atoms with Crippen LogP contribution < -0.4 is 15.8 Å². The number of hydrogen-bond acceptors (Lipinski definition) is 7. The van der Waals surface area contributed by atoms with Gasteiger partial charge < -0.3 is 20.7 Å². The first-order valence-electron chi connectivity index (χ1n) is 7.41. The molecule has 3 N–H and O–H groups in total. The van der Waals surface area contributed by atoms with E-state index in [1.807, 2.05) is 19.2 Å². The van der Waals surface area contributed by atoms with Gasteiger partial charge in [-0.05, 0) is 26.8 Å². The molecule has 3 heterocycles. The van der Waals surface area contributed by atoms with Crippen molar-refractivity contribution >= 4 is 28.1 Å². The number of pyridine rings is 1. The molecule has 118 valence electrons. The molecule has 2 aromatic heterocycles. The normalized spacial score (nSPS) is 16.6. The van der Waals surface area contributed by atoms with E-state index in [1.165, 1.54) is 0 Å². The molecule has 0 spiro atoms. The van der Waals surface area contributed by atoms with Crippen LogP contribution in [0, 0.1) is 6.92 Å². The van der Waals surface area contributed by atoms with Crippen molar-refractivity contribution in [2.45, 2.75) is 25.9 Å². The van der Waals surface area contributed by atoms with Crippen molar-refractivity contribution in [2.75, 3.05) is 31.2 Å². The number of likely N-dealkylation sites (tertiary alicyclic amines) is 1. The third-order valence-corrected chi connectivity index (χ3v) is 4.47. The van der Waals surface area contributed by atoms with E-state index >= 15 is 0 Å². The molecule has 22 heavy (non-hydrogen) atoms. The van der Waals surface area contributed by atoms with E-state index in [0.717, 1.165) is 41.7 Å². The number of anilines is 3. The number of hydrogen-bond donors (Lipinski definition) is 2. The summed E-state index contributed by atoms with van der Waals surface area (Å²) in [7, 11) is 2.14. The minimum atomic E-state index is 0.243. The van der Waals surface area contributed by atoms with Crippen LogP contribution in [0.4, 0.5) is 16.8 Å². The number of nitrogens with one attached hydrogen (secondary N) is 1. The van der Waals surface area contributed by atoms with Crippen LogP contribution in [0.1, 0.15) is 17.7 Å². The summed E-state index contributed by atoms with van der Waals surface area (Å²) in [6, 6.07) is 3.65. The minimum Gasteiger partial charge on any atom is -0.490 e. The van der Waals surface area contributed by atoms with E-state index in [0.29, 0.717) is 11.6 Å². The first-order chi connectivity index (χ1) is 10.6. The molecule has 1 fully saturated rings. The summed E-state index contributed by atoms with van der Waals surface area (Å²) in [5.74, 6) is 1.87. The van der Waals surface area contributed by atoms with E-state index < -0.39 is 0 Å². The van der Waals surface area contributed by atoms with Crippen molar-refractivity contribution in [3.63, 3.8) is 0 Å². The Labute approximate surface area is 134 Å². The van der Waals surface area contributed by atoms with Crippen LogP contribution >= 0.6 is 11.3 Å². The van der Waals surface area contributed by atoms with Crippen molar-refractivity contribution in [1.82, 2.24) is 14.9 Å². The van der Waals surface area contributed by atoms with Gasteiger partial charge in [0.15, 0.2) is 5.13 Å². The van der Waals surface area contributed by atoms with Crippen LogP contribution in [0.2, 0.25) is 0 Å². The lowest BCUT2D eigenvalue weighted by molar-refractivity contribution is 0.114. The van der Waals surface area contributed by atoms with Crippen LogP contribution in [0.3, 0.4) is 0 Å². The lowest BCUT2D eigenvalue weighted by Gasteiger charge is -2.29. The first-order valence-corrected chi connectivity index (χ1v) is 8.22. The number of nitrogens with zero attached hydrogens (tertiary/aromatic N) is 3. The number of nitrogen functional groups attached to an aromatic ring is 1. The topological polar surface area (TPSA) is 76.3 Å². The first kappa shape index (κ1) is 15.1. The zero-order valence-corrected chi connectivity index (χ0v) is 13.7. The van der Waals surface area contributed by atoms with E-state index in [9.17, 15) is 0 Å². The second-order valence-corrected chi connectivity index (χ2v) is 6.87. The molecule has 7 heteroatoms. The fourth-order valence-electron chi connectivity index (χ4n) is 2.48. The monoisotopic (exact) mass is 319 g/mol. The summed E-state index contributed by atoms with van der Waals surface area (Å²) in [5, 5.41) is 3.98. The second kappa shape index (κ2) is 6.50. The Kier molecular flexibility index (Phi) is 4.44. The molecule has 6 nitrogen and oxygen atoms in total. The molecule has 0 aromatic carbocycles. The largest absolute Gasteiger partial charge is 0.490 e. The third kappa shape index (κ3) is 3.86. The molecular weight excluding hydrogens is 298 g/mol. The van der Waals surface area contributed by atoms with Gasteiger partial charge in [0.1, 0.15) is 23.5 Å². The summed E-state index contributed by atoms with van der Waals surface area (Å²) in [6.07, 6.45) is 4.14. The van der Waals surface area contributed by atoms with Gasteiger partial charge in [-0.25, -0.2) is 9.97 Å². The molecule has 0 saturated carbocycles. The number of piperidine rings is 1. The van der Waals surface area contributed by atoms with Crippen molar-refractivity contribution < 1.29 is 4.74 Å². The maximum atomic E-state index is 6.06. The highest BCUT2D eigenvalue weighted by atomic mass is 32.1. The lowest BCUT2D eigenvalue weighted by atomic mass is 10.1. The SMILES string of the molecule is Cc1cnc(Nc2cc(OC3CCN(C)CC3)cc(N)n2)s1. The Morgan fingerprint density at radius 1 is 1.36 bits per heavy atom. The average Bonchev–Trinajstić information content (AvgIpc) is 2.86. The molecule has 0 aliphatic carbocycles. The number of nitrogens with two attached hydrogens (primary N) is 1. The van der Waals surface area contributed by atoms with Crippen LogP contribution in [0.5, 0.6) is 5.75 Å². The fraction of sp³-hybridized carbons (Fsp3) is 0.467. The average molecular weight is 319 g/mol. The van der Waals surface area contributed by atoms with Crippen LogP contribution in [-0.4, -0.2) is 41.1 Å². The second-order valence-electron chi connectivity index (χ2n) is 5.63. The van der Waals surface area contributed by atoms with Crippen molar-refractivity contribution in [3.05, 3.63) is 23.2 Å². The van der Waals surface area contributed by atoms with E-state index in [2.05, 4.69) is 27.2 Å². The van der Waals surface area contributed by atoms with E-state index in [-0.39, 0.29) is 6.10 Å². The molecule has 0 atom stereocenters. The smallest absolute Gasteiger partial charge is 0.188 e. The Hall–Kier alpha value is -1.86. The van der Waals surface area contributed by atoms with Crippen LogP contribution in [-0.2, 0) is 0 Å². The van der Waals surface area contributed by atoms with Crippen molar-refractivity contribution in [1.29, 1.82) is 0 Å². The fourth-order valence-corrected chi connectivity index (χ4v) is 3.15. The van der Waals surface area contributed by atoms with E-state index in [1.54, 1.807) is 17.4 Å². The number of rotatable bonds is 4. The Bertz CT molecular complexity index is 637. The summed E-state index contributed by atoms with van der Waals surface area (Å²) in [6.45, 7) is 4.15. The highest BCUT2D eigenvalue weighted by Gasteiger charge is 2.18. The summed E-state index contributed by atoms with van der Waals surface area (Å²) in [5.41, 5.74) is 5.89. The molecule has 0 unspecified atom stereocenters. The third-order valence-electron chi connectivity index (χ3n) is 3.64. The molecule has 0 bridgehead atoms. The summed E-state index contributed by atoms with van der Waals surface area (Å²) < 4.78 is 6.06. The maximum absolute atomic E-state index is 6.06. The summed E-state index contributed by atoms with van der Waals surface area (Å²) in [4.78, 5) is 12.0. The van der Waals surface area contributed by atoms with E-state index in [4.69, 9.17) is 10.5 Å². The minimum absolute atomic E-state index is 0.243. The molecule has 0 amide bonds. The highest BCUT2D eigenvalue weighted by molar-refractivity contribution is 7.15. The highest BCUT2D eigenvalue weighted by Crippen LogP contribution is 2.26. The predicted octanol–water partition coefficient (Wildman–Crippen LogP) is 2.65. The quantitative estimate of drug-likeness (QED) is 0.902. The van der Waals surface area contributed by atoms with Gasteiger partial charge in [-0.1, -0.05) is 0 Å². The lowest BCUT2D eigenvalue weighted by Crippen LogP contribution is -2.35. The van der Waals surface area contributed by atoms with Crippen molar-refractivity contribution in [3.8, 4) is 5.75 Å².